The van der Waals surface area contributed by atoms with E-state index in [9.17, 15) is 4.79 Å². The van der Waals surface area contributed by atoms with Crippen LogP contribution in [0.15, 0.2) is 0 Å². The summed E-state index contributed by atoms with van der Waals surface area (Å²) in [6, 6.07) is 0.254. The fourth-order valence-corrected chi connectivity index (χ4v) is 1.26. The minimum absolute atomic E-state index is 0.122. The number of amides is 1. The SMILES string of the molecule is CC(=N)N(C)CCC(=O)N(C)C1COC1. The lowest BCUT2D eigenvalue weighted by Crippen LogP contribution is -2.50. The zero-order valence-electron chi connectivity index (χ0n) is 9.62. The predicted octanol–water partition coefficient (Wildman–Crippen LogP) is 0.163. The Morgan fingerprint density at radius 2 is 2.07 bits per heavy atom. The molecule has 0 bridgehead atoms. The highest BCUT2D eigenvalue weighted by molar-refractivity contribution is 5.79. The average Bonchev–Trinajstić information content (AvgIpc) is 2.10. The highest BCUT2D eigenvalue weighted by atomic mass is 16.5. The smallest absolute Gasteiger partial charge is 0.224 e. The van der Waals surface area contributed by atoms with E-state index < -0.39 is 0 Å². The van der Waals surface area contributed by atoms with Crippen molar-refractivity contribution in [3.8, 4) is 0 Å². The molecule has 86 valence electrons. The van der Waals surface area contributed by atoms with Crippen molar-refractivity contribution < 1.29 is 9.53 Å². The molecule has 0 atom stereocenters. The fourth-order valence-electron chi connectivity index (χ4n) is 1.26. The summed E-state index contributed by atoms with van der Waals surface area (Å²) < 4.78 is 5.03. The lowest BCUT2D eigenvalue weighted by Gasteiger charge is -2.34. The Morgan fingerprint density at radius 1 is 1.47 bits per heavy atom. The van der Waals surface area contributed by atoms with E-state index in [-0.39, 0.29) is 11.9 Å². The van der Waals surface area contributed by atoms with Gasteiger partial charge in [-0.25, -0.2) is 0 Å². The number of ether oxygens (including phenoxy) is 1. The quantitative estimate of drug-likeness (QED) is 0.534. The zero-order valence-corrected chi connectivity index (χ0v) is 9.62. The van der Waals surface area contributed by atoms with E-state index in [4.69, 9.17) is 10.1 Å². The Hall–Kier alpha value is -1.10. The van der Waals surface area contributed by atoms with E-state index in [1.807, 2.05) is 14.1 Å². The fraction of sp³-hybridized carbons (Fsp3) is 0.800. The first-order valence-corrected chi connectivity index (χ1v) is 5.12. The zero-order chi connectivity index (χ0) is 11.4. The van der Waals surface area contributed by atoms with Crippen LogP contribution < -0.4 is 0 Å². The summed E-state index contributed by atoms with van der Waals surface area (Å²) in [4.78, 5) is 15.2. The first kappa shape index (κ1) is 12.0. The van der Waals surface area contributed by atoms with Crippen molar-refractivity contribution in [1.82, 2.24) is 9.80 Å². The second-order valence-electron chi connectivity index (χ2n) is 3.95. The normalized spacial score (nSPS) is 15.7. The number of amidine groups is 1. The van der Waals surface area contributed by atoms with Gasteiger partial charge in [-0.1, -0.05) is 0 Å². The number of likely N-dealkylation sites (N-methyl/N-ethyl adjacent to an activating group) is 1. The highest BCUT2D eigenvalue weighted by Crippen LogP contribution is 2.09. The number of carbonyl (C=O) groups is 1. The molecule has 0 aromatic heterocycles. The molecule has 1 amide bonds. The topological polar surface area (TPSA) is 56.6 Å². The molecular weight excluding hydrogens is 194 g/mol. The maximum Gasteiger partial charge on any atom is 0.224 e. The van der Waals surface area contributed by atoms with Crippen LogP contribution in [0.25, 0.3) is 0 Å². The molecule has 1 aliphatic rings. The Bertz CT molecular complexity index is 251. The first-order chi connectivity index (χ1) is 7.02. The molecule has 1 saturated heterocycles. The average molecular weight is 213 g/mol. The summed E-state index contributed by atoms with van der Waals surface area (Å²) in [5, 5.41) is 7.36. The van der Waals surface area contributed by atoms with Crippen LogP contribution >= 0.6 is 0 Å². The third kappa shape index (κ3) is 3.20. The number of hydrogen-bond donors (Lipinski definition) is 1. The van der Waals surface area contributed by atoms with E-state index in [0.717, 1.165) is 0 Å². The number of carbonyl (C=O) groups excluding carboxylic acids is 1. The lowest BCUT2D eigenvalue weighted by atomic mass is 10.2. The molecule has 0 aromatic rings. The van der Waals surface area contributed by atoms with Gasteiger partial charge < -0.3 is 14.5 Å². The Morgan fingerprint density at radius 3 is 2.47 bits per heavy atom. The van der Waals surface area contributed by atoms with E-state index in [1.165, 1.54) is 0 Å². The summed E-state index contributed by atoms with van der Waals surface area (Å²) in [5.74, 6) is 0.605. The largest absolute Gasteiger partial charge is 0.377 e. The molecular formula is C10H19N3O2. The molecule has 0 spiro atoms. The number of rotatable bonds is 4. The minimum atomic E-state index is 0.122. The summed E-state index contributed by atoms with van der Waals surface area (Å²) >= 11 is 0. The van der Waals surface area contributed by atoms with Gasteiger partial charge in [0.1, 0.15) is 0 Å². The Balaban J connectivity index is 2.25. The van der Waals surface area contributed by atoms with Gasteiger partial charge in [-0.3, -0.25) is 10.2 Å². The molecule has 1 heterocycles. The van der Waals surface area contributed by atoms with Crippen LogP contribution in [-0.2, 0) is 9.53 Å². The van der Waals surface area contributed by atoms with Gasteiger partial charge in [-0.2, -0.15) is 0 Å². The molecule has 1 N–H and O–H groups in total. The van der Waals surface area contributed by atoms with Gasteiger partial charge >= 0.3 is 0 Å². The molecule has 0 aromatic carbocycles. The van der Waals surface area contributed by atoms with E-state index in [2.05, 4.69) is 0 Å². The van der Waals surface area contributed by atoms with Gasteiger partial charge in [-0.05, 0) is 6.92 Å². The van der Waals surface area contributed by atoms with E-state index >= 15 is 0 Å². The number of nitrogens with zero attached hydrogens (tertiary/aromatic N) is 2. The molecule has 0 radical (unpaired) electrons. The van der Waals surface area contributed by atoms with Crippen LogP contribution in [0.5, 0.6) is 0 Å². The van der Waals surface area contributed by atoms with E-state index in [1.54, 1.807) is 16.7 Å². The van der Waals surface area contributed by atoms with Crippen LogP contribution in [-0.4, -0.2) is 61.4 Å². The predicted molar refractivity (Wildman–Crippen MR) is 58.0 cm³/mol. The molecule has 1 rings (SSSR count). The third-order valence-electron chi connectivity index (χ3n) is 2.80. The van der Waals surface area contributed by atoms with Crippen LogP contribution in [0.4, 0.5) is 0 Å². The van der Waals surface area contributed by atoms with Crippen molar-refractivity contribution >= 4 is 11.7 Å². The maximum absolute atomic E-state index is 11.7. The molecule has 5 heteroatoms. The third-order valence-corrected chi connectivity index (χ3v) is 2.80. The molecule has 0 aliphatic carbocycles. The summed E-state index contributed by atoms with van der Waals surface area (Å²) in [5.41, 5.74) is 0. The highest BCUT2D eigenvalue weighted by Gasteiger charge is 2.26. The van der Waals surface area contributed by atoms with Gasteiger partial charge in [0.25, 0.3) is 0 Å². The Kier molecular flexibility index (Phi) is 4.08. The summed E-state index contributed by atoms with van der Waals surface area (Å²) in [7, 11) is 3.63. The van der Waals surface area contributed by atoms with Crippen molar-refractivity contribution in [3.63, 3.8) is 0 Å². The second kappa shape index (κ2) is 5.11. The van der Waals surface area contributed by atoms with Crippen molar-refractivity contribution in [2.45, 2.75) is 19.4 Å². The molecule has 5 nitrogen and oxygen atoms in total. The van der Waals surface area contributed by atoms with Crippen LogP contribution in [0.1, 0.15) is 13.3 Å². The first-order valence-electron chi connectivity index (χ1n) is 5.12. The van der Waals surface area contributed by atoms with Crippen molar-refractivity contribution in [2.24, 2.45) is 0 Å². The van der Waals surface area contributed by atoms with Gasteiger partial charge in [-0.15, -0.1) is 0 Å². The minimum Gasteiger partial charge on any atom is -0.377 e. The van der Waals surface area contributed by atoms with Gasteiger partial charge in [0, 0.05) is 27.1 Å². The number of nitrogens with one attached hydrogen (secondary N) is 1. The maximum atomic E-state index is 11.7. The van der Waals surface area contributed by atoms with Crippen LogP contribution in [0.2, 0.25) is 0 Å². The number of hydrogen-bond acceptors (Lipinski definition) is 3. The molecule has 1 aliphatic heterocycles. The molecule has 0 unspecified atom stereocenters. The van der Waals surface area contributed by atoms with E-state index in [0.29, 0.717) is 32.0 Å². The van der Waals surface area contributed by atoms with Crippen molar-refractivity contribution in [1.29, 1.82) is 5.41 Å². The van der Waals surface area contributed by atoms with Crippen LogP contribution in [0, 0.1) is 5.41 Å². The lowest BCUT2D eigenvalue weighted by molar-refractivity contribution is -0.141. The van der Waals surface area contributed by atoms with Gasteiger partial charge in [0.15, 0.2) is 0 Å². The summed E-state index contributed by atoms with van der Waals surface area (Å²) in [6.07, 6.45) is 0.458. The molecule has 1 fully saturated rings. The molecule has 0 saturated carbocycles. The Labute approximate surface area is 90.5 Å². The monoisotopic (exact) mass is 213 g/mol. The second-order valence-corrected chi connectivity index (χ2v) is 3.95. The van der Waals surface area contributed by atoms with Crippen LogP contribution in [0.3, 0.4) is 0 Å². The summed E-state index contributed by atoms with van der Waals surface area (Å²) in [6.45, 7) is 3.63. The van der Waals surface area contributed by atoms with Crippen molar-refractivity contribution in [2.75, 3.05) is 33.9 Å². The van der Waals surface area contributed by atoms with Gasteiger partial charge in [0.05, 0.1) is 25.1 Å². The molecule has 15 heavy (non-hydrogen) atoms. The van der Waals surface area contributed by atoms with Gasteiger partial charge in [0.2, 0.25) is 5.91 Å². The standard InChI is InChI=1S/C10H19N3O2/c1-8(11)12(2)5-4-10(14)13(3)9-6-15-7-9/h9,11H,4-7H2,1-3H3. The van der Waals surface area contributed by atoms with Crippen molar-refractivity contribution in [3.05, 3.63) is 0 Å².